The van der Waals surface area contributed by atoms with Crippen molar-refractivity contribution in [2.24, 2.45) is 5.73 Å². The molecule has 1 fully saturated rings. The lowest BCUT2D eigenvalue weighted by Crippen LogP contribution is -2.34. The van der Waals surface area contributed by atoms with E-state index in [2.05, 4.69) is 11.6 Å². The SMILES string of the molecule is CSC1(CNCc2ccc(C(N)=O)cc2)CCCC1. The van der Waals surface area contributed by atoms with Crippen LogP contribution in [0.1, 0.15) is 41.6 Å². The van der Waals surface area contributed by atoms with Gasteiger partial charge in [-0.2, -0.15) is 11.8 Å². The highest BCUT2D eigenvalue weighted by Gasteiger charge is 2.32. The van der Waals surface area contributed by atoms with E-state index in [4.69, 9.17) is 5.73 Å². The molecule has 1 aliphatic rings. The number of nitrogens with one attached hydrogen (secondary N) is 1. The highest BCUT2D eigenvalue weighted by Crippen LogP contribution is 2.39. The van der Waals surface area contributed by atoms with Crippen molar-refractivity contribution in [1.82, 2.24) is 5.32 Å². The summed E-state index contributed by atoms with van der Waals surface area (Å²) in [6.45, 7) is 1.91. The first-order valence-electron chi connectivity index (χ1n) is 6.80. The molecule has 0 heterocycles. The summed E-state index contributed by atoms with van der Waals surface area (Å²) in [4.78, 5) is 11.0. The minimum atomic E-state index is -0.369. The van der Waals surface area contributed by atoms with Crippen molar-refractivity contribution in [3.05, 3.63) is 35.4 Å². The Balaban J connectivity index is 1.83. The Labute approximate surface area is 119 Å². The minimum absolute atomic E-state index is 0.369. The number of primary amides is 1. The number of thioether (sulfide) groups is 1. The highest BCUT2D eigenvalue weighted by molar-refractivity contribution is 8.00. The third-order valence-corrected chi connectivity index (χ3v) is 5.38. The van der Waals surface area contributed by atoms with Crippen LogP contribution in [-0.2, 0) is 6.54 Å². The molecule has 1 amide bonds. The van der Waals surface area contributed by atoms with E-state index in [1.807, 2.05) is 23.9 Å². The first-order valence-corrected chi connectivity index (χ1v) is 8.02. The van der Waals surface area contributed by atoms with Gasteiger partial charge in [-0.1, -0.05) is 25.0 Å². The molecule has 1 saturated carbocycles. The van der Waals surface area contributed by atoms with E-state index in [1.54, 1.807) is 12.1 Å². The third kappa shape index (κ3) is 3.74. The molecule has 0 atom stereocenters. The molecule has 2 rings (SSSR count). The Morgan fingerprint density at radius 3 is 2.47 bits per heavy atom. The van der Waals surface area contributed by atoms with Gasteiger partial charge in [-0.05, 0) is 36.8 Å². The summed E-state index contributed by atoms with van der Waals surface area (Å²) >= 11 is 2.00. The largest absolute Gasteiger partial charge is 0.366 e. The Kier molecular flexibility index (Phi) is 4.88. The monoisotopic (exact) mass is 278 g/mol. The summed E-state index contributed by atoms with van der Waals surface area (Å²) in [5.41, 5.74) is 6.99. The molecule has 1 aliphatic carbocycles. The number of carbonyl (C=O) groups is 1. The summed E-state index contributed by atoms with van der Waals surface area (Å²) in [5, 5.41) is 3.55. The van der Waals surface area contributed by atoms with Gasteiger partial charge in [-0.25, -0.2) is 0 Å². The van der Waals surface area contributed by atoms with E-state index in [1.165, 1.54) is 31.2 Å². The first-order chi connectivity index (χ1) is 9.15. The number of amides is 1. The second-order valence-corrected chi connectivity index (χ2v) is 6.53. The van der Waals surface area contributed by atoms with Crippen LogP contribution in [-0.4, -0.2) is 23.5 Å². The molecule has 1 aromatic carbocycles. The van der Waals surface area contributed by atoms with Gasteiger partial charge in [0.2, 0.25) is 5.91 Å². The topological polar surface area (TPSA) is 55.1 Å². The number of nitrogens with two attached hydrogens (primary N) is 1. The van der Waals surface area contributed by atoms with Gasteiger partial charge in [0.05, 0.1) is 0 Å². The van der Waals surface area contributed by atoms with E-state index in [0.717, 1.165) is 13.1 Å². The van der Waals surface area contributed by atoms with Crippen LogP contribution in [0.5, 0.6) is 0 Å². The molecular formula is C15H22N2OS. The lowest BCUT2D eigenvalue weighted by atomic mass is 10.1. The zero-order valence-corrected chi connectivity index (χ0v) is 12.3. The van der Waals surface area contributed by atoms with Crippen molar-refractivity contribution in [3.8, 4) is 0 Å². The number of hydrogen-bond acceptors (Lipinski definition) is 3. The Bertz CT molecular complexity index is 424. The van der Waals surface area contributed by atoms with Gasteiger partial charge in [0.1, 0.15) is 0 Å². The fraction of sp³-hybridized carbons (Fsp3) is 0.533. The van der Waals surface area contributed by atoms with Crippen LogP contribution in [0.15, 0.2) is 24.3 Å². The predicted molar refractivity (Wildman–Crippen MR) is 81.4 cm³/mol. The minimum Gasteiger partial charge on any atom is -0.366 e. The van der Waals surface area contributed by atoms with E-state index >= 15 is 0 Å². The van der Waals surface area contributed by atoms with Crippen LogP contribution >= 0.6 is 11.8 Å². The van der Waals surface area contributed by atoms with Gasteiger partial charge in [0, 0.05) is 23.4 Å². The second-order valence-electron chi connectivity index (χ2n) is 5.26. The van der Waals surface area contributed by atoms with Crippen LogP contribution < -0.4 is 11.1 Å². The quantitative estimate of drug-likeness (QED) is 0.841. The van der Waals surface area contributed by atoms with Crippen molar-refractivity contribution < 1.29 is 4.79 Å². The van der Waals surface area contributed by atoms with Gasteiger partial charge < -0.3 is 11.1 Å². The molecule has 0 spiro atoms. The lowest BCUT2D eigenvalue weighted by Gasteiger charge is -2.27. The maximum absolute atomic E-state index is 11.0. The zero-order valence-electron chi connectivity index (χ0n) is 11.4. The summed E-state index contributed by atoms with van der Waals surface area (Å²) in [6, 6.07) is 7.51. The number of carbonyl (C=O) groups excluding carboxylic acids is 1. The van der Waals surface area contributed by atoms with Gasteiger partial charge in [0.25, 0.3) is 0 Å². The third-order valence-electron chi connectivity index (χ3n) is 3.96. The molecule has 0 aromatic heterocycles. The summed E-state index contributed by atoms with van der Waals surface area (Å²) in [5.74, 6) is -0.369. The van der Waals surface area contributed by atoms with Gasteiger partial charge in [0.15, 0.2) is 0 Å². The van der Waals surface area contributed by atoms with Crippen molar-refractivity contribution >= 4 is 17.7 Å². The second kappa shape index (κ2) is 6.44. The average Bonchev–Trinajstić information content (AvgIpc) is 2.89. The summed E-state index contributed by atoms with van der Waals surface area (Å²) in [7, 11) is 0. The van der Waals surface area contributed by atoms with Crippen molar-refractivity contribution in [1.29, 1.82) is 0 Å². The highest BCUT2D eigenvalue weighted by atomic mass is 32.2. The molecule has 0 radical (unpaired) electrons. The summed E-state index contributed by atoms with van der Waals surface area (Å²) in [6.07, 6.45) is 7.57. The predicted octanol–water partition coefficient (Wildman–Crippen LogP) is 2.55. The van der Waals surface area contributed by atoms with Gasteiger partial charge in [-0.15, -0.1) is 0 Å². The number of benzene rings is 1. The first kappa shape index (κ1) is 14.4. The zero-order chi connectivity index (χ0) is 13.7. The average molecular weight is 278 g/mol. The van der Waals surface area contributed by atoms with Crippen LogP contribution in [0.4, 0.5) is 0 Å². The van der Waals surface area contributed by atoms with Crippen molar-refractivity contribution in [2.45, 2.75) is 37.0 Å². The number of rotatable bonds is 6. The standard InChI is InChI=1S/C15H22N2OS/c1-19-15(8-2-3-9-15)11-17-10-12-4-6-13(7-5-12)14(16)18/h4-7,17H,2-3,8-11H2,1H3,(H2,16,18). The van der Waals surface area contributed by atoms with Crippen LogP contribution in [0.2, 0.25) is 0 Å². The molecule has 0 aliphatic heterocycles. The van der Waals surface area contributed by atoms with Crippen molar-refractivity contribution in [2.75, 3.05) is 12.8 Å². The maximum atomic E-state index is 11.0. The molecule has 0 bridgehead atoms. The lowest BCUT2D eigenvalue weighted by molar-refractivity contribution is 0.100. The van der Waals surface area contributed by atoms with Crippen LogP contribution in [0.3, 0.4) is 0 Å². The van der Waals surface area contributed by atoms with Crippen molar-refractivity contribution in [3.63, 3.8) is 0 Å². The van der Waals surface area contributed by atoms with E-state index in [0.29, 0.717) is 10.3 Å². The summed E-state index contributed by atoms with van der Waals surface area (Å²) < 4.78 is 0.438. The molecule has 0 unspecified atom stereocenters. The Morgan fingerprint density at radius 1 is 1.32 bits per heavy atom. The fourth-order valence-corrected chi connectivity index (χ4v) is 3.64. The molecule has 19 heavy (non-hydrogen) atoms. The van der Waals surface area contributed by atoms with E-state index < -0.39 is 0 Å². The smallest absolute Gasteiger partial charge is 0.248 e. The Hall–Kier alpha value is -1.00. The van der Waals surface area contributed by atoms with E-state index in [-0.39, 0.29) is 5.91 Å². The molecule has 0 saturated heterocycles. The molecule has 3 nitrogen and oxygen atoms in total. The molecule has 3 N–H and O–H groups in total. The number of hydrogen-bond donors (Lipinski definition) is 2. The van der Waals surface area contributed by atoms with Gasteiger partial charge in [-0.3, -0.25) is 4.79 Å². The van der Waals surface area contributed by atoms with Crippen LogP contribution in [0, 0.1) is 0 Å². The Morgan fingerprint density at radius 2 is 1.95 bits per heavy atom. The molecule has 104 valence electrons. The van der Waals surface area contributed by atoms with E-state index in [9.17, 15) is 4.79 Å². The molecule has 1 aromatic rings. The maximum Gasteiger partial charge on any atom is 0.248 e. The normalized spacial score (nSPS) is 17.5. The molecular weight excluding hydrogens is 256 g/mol. The molecule has 4 heteroatoms. The fourth-order valence-electron chi connectivity index (χ4n) is 2.69. The van der Waals surface area contributed by atoms with Gasteiger partial charge >= 0.3 is 0 Å². The van der Waals surface area contributed by atoms with Crippen LogP contribution in [0.25, 0.3) is 0 Å².